The van der Waals surface area contributed by atoms with Gasteiger partial charge in [0, 0.05) is 12.0 Å². The van der Waals surface area contributed by atoms with Gasteiger partial charge < -0.3 is 9.57 Å². The number of hydrogen-bond donors (Lipinski definition) is 0. The van der Waals surface area contributed by atoms with Crippen LogP contribution < -0.4 is 0 Å². The van der Waals surface area contributed by atoms with Crippen molar-refractivity contribution in [3.8, 4) is 0 Å². The molecule has 2 aliphatic heterocycles. The number of rotatable bonds is 1. The van der Waals surface area contributed by atoms with Crippen molar-refractivity contribution in [2.75, 3.05) is 6.73 Å². The molecule has 94 valence electrons. The second kappa shape index (κ2) is 4.42. The summed E-state index contributed by atoms with van der Waals surface area (Å²) in [6.45, 7) is 2.57. The summed E-state index contributed by atoms with van der Waals surface area (Å²) in [6, 6.07) is 7.50. The van der Waals surface area contributed by atoms with Crippen LogP contribution in [0.25, 0.3) is 0 Å². The van der Waals surface area contributed by atoms with Gasteiger partial charge in [-0.2, -0.15) is 0 Å². The normalized spacial score (nSPS) is 23.2. The predicted molar refractivity (Wildman–Crippen MR) is 64.9 cm³/mol. The van der Waals surface area contributed by atoms with Crippen LogP contribution >= 0.6 is 0 Å². The Hall–Kier alpha value is -1.88. The first-order valence-corrected chi connectivity index (χ1v) is 5.91. The van der Waals surface area contributed by atoms with Crippen LogP contribution in [-0.4, -0.2) is 29.5 Å². The maximum atomic E-state index is 12.4. The molecule has 1 aromatic carbocycles. The number of ether oxygens (including phenoxy) is 1. The zero-order chi connectivity index (χ0) is 12.5. The highest BCUT2D eigenvalue weighted by atomic mass is 16.7. The summed E-state index contributed by atoms with van der Waals surface area (Å²) >= 11 is 0. The van der Waals surface area contributed by atoms with Gasteiger partial charge in [0.2, 0.25) is 6.23 Å². The van der Waals surface area contributed by atoms with E-state index in [4.69, 9.17) is 9.57 Å². The summed E-state index contributed by atoms with van der Waals surface area (Å²) in [6.07, 6.45) is 0.292. The molecule has 18 heavy (non-hydrogen) atoms. The number of amides is 1. The largest absolute Gasteiger partial charge is 0.370 e. The van der Waals surface area contributed by atoms with Crippen LogP contribution in [0.3, 0.4) is 0 Å². The molecule has 2 aliphatic rings. The maximum Gasteiger partial charge on any atom is 0.259 e. The highest BCUT2D eigenvalue weighted by Gasteiger charge is 2.32. The van der Waals surface area contributed by atoms with Crippen LogP contribution in [0.5, 0.6) is 0 Å². The zero-order valence-corrected chi connectivity index (χ0v) is 10.1. The average Bonchev–Trinajstić information content (AvgIpc) is 2.73. The van der Waals surface area contributed by atoms with Gasteiger partial charge in [0.05, 0.1) is 12.3 Å². The summed E-state index contributed by atoms with van der Waals surface area (Å²) in [5.41, 5.74) is 2.49. The molecule has 0 saturated heterocycles. The lowest BCUT2D eigenvalue weighted by molar-refractivity contribution is -0.0731. The third-order valence-electron chi connectivity index (χ3n) is 3.14. The molecule has 0 aliphatic carbocycles. The summed E-state index contributed by atoms with van der Waals surface area (Å²) in [7, 11) is 0. The number of benzene rings is 1. The van der Waals surface area contributed by atoms with Crippen molar-refractivity contribution in [2.24, 2.45) is 5.16 Å². The summed E-state index contributed by atoms with van der Waals surface area (Å²) in [5, 5.41) is 3.88. The molecular formula is C13H14N2O3. The Bertz CT molecular complexity index is 513. The number of hydrogen-bond acceptors (Lipinski definition) is 4. The van der Waals surface area contributed by atoms with Crippen molar-refractivity contribution in [1.82, 2.24) is 4.90 Å². The second-order valence-corrected chi connectivity index (χ2v) is 4.50. The number of nitrogens with zero attached hydrogens (tertiary/aromatic N) is 2. The van der Waals surface area contributed by atoms with E-state index in [-0.39, 0.29) is 18.9 Å². The van der Waals surface area contributed by atoms with E-state index < -0.39 is 0 Å². The average molecular weight is 246 g/mol. The fourth-order valence-corrected chi connectivity index (χ4v) is 2.18. The monoisotopic (exact) mass is 246 g/mol. The Kier molecular flexibility index (Phi) is 2.76. The highest BCUT2D eigenvalue weighted by Crippen LogP contribution is 2.22. The van der Waals surface area contributed by atoms with Crippen molar-refractivity contribution < 1.29 is 14.4 Å². The Balaban J connectivity index is 1.88. The molecule has 0 saturated carbocycles. The zero-order valence-electron chi connectivity index (χ0n) is 10.1. The van der Waals surface area contributed by atoms with E-state index in [2.05, 4.69) is 5.16 Å². The van der Waals surface area contributed by atoms with Crippen LogP contribution in [0, 0.1) is 0 Å². The van der Waals surface area contributed by atoms with Gasteiger partial charge >= 0.3 is 0 Å². The first-order chi connectivity index (χ1) is 8.75. The minimum atomic E-state index is -0.344. The van der Waals surface area contributed by atoms with Crippen LogP contribution in [0.1, 0.15) is 29.3 Å². The van der Waals surface area contributed by atoms with E-state index in [0.29, 0.717) is 18.6 Å². The summed E-state index contributed by atoms with van der Waals surface area (Å²) in [4.78, 5) is 19.3. The lowest BCUT2D eigenvalue weighted by Gasteiger charge is -2.24. The lowest BCUT2D eigenvalue weighted by atomic mass is 10.1. The third kappa shape index (κ3) is 1.86. The van der Waals surface area contributed by atoms with Crippen molar-refractivity contribution in [1.29, 1.82) is 0 Å². The van der Waals surface area contributed by atoms with Crippen molar-refractivity contribution >= 4 is 11.6 Å². The van der Waals surface area contributed by atoms with E-state index in [1.165, 1.54) is 0 Å². The highest BCUT2D eigenvalue weighted by molar-refractivity contribution is 5.96. The van der Waals surface area contributed by atoms with Gasteiger partial charge in [0.15, 0.2) is 0 Å². The standard InChI is InChI=1S/C13H14N2O3/c1-9-6-12(18-14-9)15-8-17-7-10-4-2-3-5-11(10)13(15)16/h2-5,12H,6-8H2,1H3. The third-order valence-corrected chi connectivity index (χ3v) is 3.14. The van der Waals surface area contributed by atoms with E-state index in [1.807, 2.05) is 31.2 Å². The van der Waals surface area contributed by atoms with Crippen LogP contribution in [0.4, 0.5) is 0 Å². The van der Waals surface area contributed by atoms with Crippen molar-refractivity contribution in [3.05, 3.63) is 35.4 Å². The fourth-order valence-electron chi connectivity index (χ4n) is 2.18. The molecule has 2 heterocycles. The van der Waals surface area contributed by atoms with Gasteiger partial charge in [-0.05, 0) is 18.6 Å². The first-order valence-electron chi connectivity index (χ1n) is 5.91. The number of fused-ring (bicyclic) bond motifs is 1. The predicted octanol–water partition coefficient (Wildman–Crippen LogP) is 1.74. The smallest absolute Gasteiger partial charge is 0.259 e. The molecule has 1 amide bonds. The maximum absolute atomic E-state index is 12.4. The van der Waals surface area contributed by atoms with E-state index in [0.717, 1.165) is 11.3 Å². The molecular weight excluding hydrogens is 232 g/mol. The molecule has 1 unspecified atom stereocenters. The minimum Gasteiger partial charge on any atom is -0.370 e. The van der Waals surface area contributed by atoms with Gasteiger partial charge in [-0.25, -0.2) is 0 Å². The van der Waals surface area contributed by atoms with Gasteiger partial charge in [0.1, 0.15) is 6.73 Å². The Morgan fingerprint density at radius 3 is 3.00 bits per heavy atom. The Labute approximate surface area is 105 Å². The molecule has 1 aromatic rings. The number of oxime groups is 1. The molecule has 0 aromatic heterocycles. The van der Waals surface area contributed by atoms with E-state index in [1.54, 1.807) is 4.90 Å². The van der Waals surface area contributed by atoms with E-state index >= 15 is 0 Å². The van der Waals surface area contributed by atoms with Crippen LogP contribution in [0.15, 0.2) is 29.4 Å². The van der Waals surface area contributed by atoms with Crippen molar-refractivity contribution in [2.45, 2.75) is 26.2 Å². The Morgan fingerprint density at radius 2 is 2.22 bits per heavy atom. The molecule has 5 heteroatoms. The van der Waals surface area contributed by atoms with Gasteiger partial charge in [-0.15, -0.1) is 0 Å². The molecule has 5 nitrogen and oxygen atoms in total. The van der Waals surface area contributed by atoms with Gasteiger partial charge in [-0.3, -0.25) is 9.69 Å². The molecule has 0 N–H and O–H groups in total. The molecule has 0 bridgehead atoms. The number of carbonyl (C=O) groups excluding carboxylic acids is 1. The van der Waals surface area contributed by atoms with Crippen LogP contribution in [0.2, 0.25) is 0 Å². The summed E-state index contributed by atoms with van der Waals surface area (Å²) < 4.78 is 5.53. The topological polar surface area (TPSA) is 51.1 Å². The molecule has 3 rings (SSSR count). The fraction of sp³-hybridized carbons (Fsp3) is 0.385. The van der Waals surface area contributed by atoms with E-state index in [9.17, 15) is 4.79 Å². The number of carbonyl (C=O) groups is 1. The molecule has 0 radical (unpaired) electrons. The van der Waals surface area contributed by atoms with Crippen molar-refractivity contribution in [3.63, 3.8) is 0 Å². The molecule has 0 fully saturated rings. The van der Waals surface area contributed by atoms with Crippen LogP contribution in [-0.2, 0) is 16.2 Å². The molecule has 1 atom stereocenters. The lowest BCUT2D eigenvalue weighted by Crippen LogP contribution is -2.40. The minimum absolute atomic E-state index is 0.0574. The SMILES string of the molecule is CC1=NOC(N2COCc3ccccc3C2=O)C1. The summed E-state index contributed by atoms with van der Waals surface area (Å²) in [5.74, 6) is -0.0574. The molecule has 0 spiro atoms. The van der Waals surface area contributed by atoms with Gasteiger partial charge in [0.25, 0.3) is 5.91 Å². The Morgan fingerprint density at radius 1 is 1.39 bits per heavy atom. The first kappa shape index (κ1) is 11.2. The van der Waals surface area contributed by atoms with Gasteiger partial charge in [-0.1, -0.05) is 23.4 Å². The quantitative estimate of drug-likeness (QED) is 0.758. The second-order valence-electron chi connectivity index (χ2n) is 4.50.